The van der Waals surface area contributed by atoms with E-state index in [9.17, 15) is 9.59 Å². The number of carbonyl (C=O) groups is 1. The second-order valence-electron chi connectivity index (χ2n) is 7.88. The molecule has 0 saturated heterocycles. The van der Waals surface area contributed by atoms with Crippen molar-refractivity contribution in [1.82, 2.24) is 5.32 Å². The van der Waals surface area contributed by atoms with Crippen LogP contribution in [0.25, 0.3) is 21.9 Å². The molecule has 4 rings (SSSR count). The summed E-state index contributed by atoms with van der Waals surface area (Å²) in [6.45, 7) is 7.71. The largest absolute Gasteiger partial charge is 0.469 e. The molecule has 0 saturated carbocycles. The van der Waals surface area contributed by atoms with Gasteiger partial charge in [0.1, 0.15) is 22.7 Å². The summed E-state index contributed by atoms with van der Waals surface area (Å²) in [7, 11) is 0. The SMILES string of the molecule is Cc1oc2cc3oc(=O)c(CC(=O)NC(C)CCc4ccco4)c(C)c3cc2c1C. The zero-order valence-electron chi connectivity index (χ0n) is 17.6. The molecule has 0 aliphatic rings. The molecule has 3 aromatic heterocycles. The van der Waals surface area contributed by atoms with Gasteiger partial charge in [-0.2, -0.15) is 0 Å². The Hall–Kier alpha value is -3.28. The van der Waals surface area contributed by atoms with Crippen LogP contribution in [0.15, 0.2) is 48.6 Å². The molecule has 1 unspecified atom stereocenters. The van der Waals surface area contributed by atoms with Crippen LogP contribution in [0.2, 0.25) is 0 Å². The van der Waals surface area contributed by atoms with E-state index in [1.54, 1.807) is 12.3 Å². The van der Waals surface area contributed by atoms with E-state index in [1.807, 2.05) is 45.9 Å². The summed E-state index contributed by atoms with van der Waals surface area (Å²) in [5, 5.41) is 4.76. The average Bonchev–Trinajstić information content (AvgIpc) is 3.31. The Labute approximate surface area is 173 Å². The summed E-state index contributed by atoms with van der Waals surface area (Å²) in [6, 6.07) is 7.45. The average molecular weight is 407 g/mol. The molecule has 4 aromatic rings. The summed E-state index contributed by atoms with van der Waals surface area (Å²) in [6.07, 6.45) is 3.11. The number of rotatable bonds is 6. The first-order chi connectivity index (χ1) is 14.3. The number of carbonyl (C=O) groups excluding carboxylic acids is 1. The maximum Gasteiger partial charge on any atom is 0.340 e. The maximum absolute atomic E-state index is 12.6. The smallest absolute Gasteiger partial charge is 0.340 e. The molecular weight excluding hydrogens is 382 g/mol. The van der Waals surface area contributed by atoms with Crippen LogP contribution in [-0.4, -0.2) is 11.9 Å². The number of hydrogen-bond acceptors (Lipinski definition) is 5. The number of amides is 1. The van der Waals surface area contributed by atoms with Crippen molar-refractivity contribution in [1.29, 1.82) is 0 Å². The molecule has 1 atom stereocenters. The standard InChI is InChI=1S/C24H25NO5/c1-13(7-8-17-6-5-9-28-17)25-23(26)11-20-15(3)19-10-18-14(2)16(4)29-21(18)12-22(19)30-24(20)27/h5-6,9-10,12-13H,7-8,11H2,1-4H3,(H,25,26). The lowest BCUT2D eigenvalue weighted by molar-refractivity contribution is -0.121. The van der Waals surface area contributed by atoms with Gasteiger partial charge >= 0.3 is 5.63 Å². The van der Waals surface area contributed by atoms with Crippen molar-refractivity contribution in [3.8, 4) is 0 Å². The fourth-order valence-electron chi connectivity index (χ4n) is 3.80. The van der Waals surface area contributed by atoms with Gasteiger partial charge in [0, 0.05) is 29.3 Å². The molecule has 1 N–H and O–H groups in total. The molecule has 0 spiro atoms. The minimum Gasteiger partial charge on any atom is -0.469 e. The Morgan fingerprint density at radius 1 is 1.07 bits per heavy atom. The Morgan fingerprint density at radius 3 is 2.53 bits per heavy atom. The molecule has 0 fully saturated rings. The number of benzene rings is 1. The van der Waals surface area contributed by atoms with Crippen LogP contribution in [0, 0.1) is 20.8 Å². The number of hydrogen-bond donors (Lipinski definition) is 1. The van der Waals surface area contributed by atoms with Gasteiger partial charge < -0.3 is 18.6 Å². The highest BCUT2D eigenvalue weighted by Gasteiger charge is 2.18. The van der Waals surface area contributed by atoms with E-state index in [0.717, 1.165) is 46.3 Å². The Morgan fingerprint density at radius 2 is 1.80 bits per heavy atom. The van der Waals surface area contributed by atoms with Crippen molar-refractivity contribution in [2.75, 3.05) is 0 Å². The van der Waals surface area contributed by atoms with Crippen molar-refractivity contribution < 1.29 is 18.0 Å². The van der Waals surface area contributed by atoms with Gasteiger partial charge in [-0.05, 0) is 63.4 Å². The van der Waals surface area contributed by atoms with Crippen LogP contribution in [-0.2, 0) is 17.6 Å². The molecule has 0 aliphatic heterocycles. The van der Waals surface area contributed by atoms with E-state index in [-0.39, 0.29) is 18.4 Å². The number of aryl methyl sites for hydroxylation is 4. The van der Waals surface area contributed by atoms with Crippen LogP contribution in [0.4, 0.5) is 0 Å². The van der Waals surface area contributed by atoms with E-state index in [1.165, 1.54) is 0 Å². The third kappa shape index (κ3) is 3.77. The number of fused-ring (bicyclic) bond motifs is 2. The summed E-state index contributed by atoms with van der Waals surface area (Å²) in [5.41, 5.74) is 2.88. The first-order valence-electron chi connectivity index (χ1n) is 10.1. The maximum atomic E-state index is 12.6. The van der Waals surface area contributed by atoms with Gasteiger partial charge in [0.25, 0.3) is 0 Å². The lowest BCUT2D eigenvalue weighted by Gasteiger charge is -2.14. The Kier molecular flexibility index (Phi) is 5.24. The fourth-order valence-corrected chi connectivity index (χ4v) is 3.80. The van der Waals surface area contributed by atoms with Crippen LogP contribution in [0.3, 0.4) is 0 Å². The molecule has 0 radical (unpaired) electrons. The quantitative estimate of drug-likeness (QED) is 0.467. The second-order valence-corrected chi connectivity index (χ2v) is 7.88. The zero-order chi connectivity index (χ0) is 21.4. The van der Waals surface area contributed by atoms with Gasteiger partial charge in [0.05, 0.1) is 18.2 Å². The van der Waals surface area contributed by atoms with Gasteiger partial charge in [-0.1, -0.05) is 0 Å². The van der Waals surface area contributed by atoms with Gasteiger partial charge in [-0.15, -0.1) is 0 Å². The van der Waals surface area contributed by atoms with Crippen molar-refractivity contribution in [3.63, 3.8) is 0 Å². The zero-order valence-corrected chi connectivity index (χ0v) is 17.6. The predicted molar refractivity (Wildman–Crippen MR) is 115 cm³/mol. The van der Waals surface area contributed by atoms with Crippen LogP contribution >= 0.6 is 0 Å². The highest BCUT2D eigenvalue weighted by Crippen LogP contribution is 2.31. The van der Waals surface area contributed by atoms with Gasteiger partial charge in [-0.25, -0.2) is 4.79 Å². The van der Waals surface area contributed by atoms with Crippen LogP contribution in [0.5, 0.6) is 0 Å². The van der Waals surface area contributed by atoms with Crippen molar-refractivity contribution >= 4 is 27.8 Å². The molecule has 0 bridgehead atoms. The molecule has 6 nitrogen and oxygen atoms in total. The van der Waals surface area contributed by atoms with E-state index in [4.69, 9.17) is 13.3 Å². The molecule has 6 heteroatoms. The van der Waals surface area contributed by atoms with Crippen LogP contribution in [0.1, 0.15) is 41.6 Å². The fraction of sp³-hybridized carbons (Fsp3) is 0.333. The molecule has 1 aromatic carbocycles. The summed E-state index contributed by atoms with van der Waals surface area (Å²) in [5.74, 6) is 1.52. The minimum atomic E-state index is -0.488. The van der Waals surface area contributed by atoms with E-state index in [2.05, 4.69) is 5.32 Å². The van der Waals surface area contributed by atoms with Crippen LogP contribution < -0.4 is 10.9 Å². The lowest BCUT2D eigenvalue weighted by Crippen LogP contribution is -2.35. The first-order valence-corrected chi connectivity index (χ1v) is 10.1. The molecule has 30 heavy (non-hydrogen) atoms. The van der Waals surface area contributed by atoms with Crippen molar-refractivity contribution in [2.45, 2.75) is 53.0 Å². The molecule has 0 aliphatic carbocycles. The lowest BCUT2D eigenvalue weighted by atomic mass is 10.0. The summed E-state index contributed by atoms with van der Waals surface area (Å²) in [4.78, 5) is 25.1. The van der Waals surface area contributed by atoms with E-state index in [0.29, 0.717) is 16.7 Å². The molecule has 156 valence electrons. The highest BCUT2D eigenvalue weighted by molar-refractivity contribution is 5.97. The third-order valence-corrected chi connectivity index (χ3v) is 5.73. The topological polar surface area (TPSA) is 85.6 Å². The summed E-state index contributed by atoms with van der Waals surface area (Å²) >= 11 is 0. The monoisotopic (exact) mass is 407 g/mol. The first kappa shape index (κ1) is 20.0. The summed E-state index contributed by atoms with van der Waals surface area (Å²) < 4.78 is 16.6. The Bertz CT molecular complexity index is 1280. The Balaban J connectivity index is 1.55. The van der Waals surface area contributed by atoms with Gasteiger partial charge in [0.15, 0.2) is 0 Å². The highest BCUT2D eigenvalue weighted by atomic mass is 16.4. The van der Waals surface area contributed by atoms with Gasteiger partial charge in [-0.3, -0.25) is 4.79 Å². The molecule has 3 heterocycles. The van der Waals surface area contributed by atoms with E-state index < -0.39 is 5.63 Å². The molecule has 1 amide bonds. The van der Waals surface area contributed by atoms with Crippen molar-refractivity contribution in [3.05, 3.63) is 69.2 Å². The van der Waals surface area contributed by atoms with E-state index >= 15 is 0 Å². The normalized spacial score (nSPS) is 12.5. The van der Waals surface area contributed by atoms with Gasteiger partial charge in [0.2, 0.25) is 5.91 Å². The number of furan rings is 2. The second kappa shape index (κ2) is 7.86. The number of nitrogens with one attached hydrogen (secondary N) is 1. The third-order valence-electron chi connectivity index (χ3n) is 5.73. The molecular formula is C24H25NO5. The van der Waals surface area contributed by atoms with Crippen molar-refractivity contribution in [2.24, 2.45) is 0 Å². The minimum absolute atomic E-state index is 0.0172. The predicted octanol–water partition coefficient (Wildman–Crippen LogP) is 4.74.